The van der Waals surface area contributed by atoms with Gasteiger partial charge in [-0.1, -0.05) is 32.8 Å². The van der Waals surface area contributed by atoms with Crippen LogP contribution in [0, 0.1) is 0 Å². The van der Waals surface area contributed by atoms with Gasteiger partial charge in [0.15, 0.2) is 0 Å². The molecule has 2 aromatic rings. The number of methoxy groups -OCH3 is 1. The number of hydrogen-bond acceptors (Lipinski definition) is 3. The van der Waals surface area contributed by atoms with E-state index in [9.17, 15) is 5.11 Å². The molecule has 0 saturated carbocycles. The fourth-order valence-corrected chi connectivity index (χ4v) is 3.23. The monoisotopic (exact) mass is 407 g/mol. The Kier molecular flexibility index (Phi) is 10.2. The van der Waals surface area contributed by atoms with Crippen molar-refractivity contribution in [3.8, 4) is 11.5 Å². The van der Waals surface area contributed by atoms with Crippen LogP contribution in [-0.2, 0) is 23.6 Å². The van der Waals surface area contributed by atoms with E-state index in [1.807, 2.05) is 12.1 Å². The van der Waals surface area contributed by atoms with E-state index in [0.717, 1.165) is 17.6 Å². The Hall–Kier alpha value is -0.276. The van der Waals surface area contributed by atoms with Gasteiger partial charge in [-0.05, 0) is 43.2 Å². The van der Waals surface area contributed by atoms with E-state index in [0.29, 0.717) is 14.3 Å². The van der Waals surface area contributed by atoms with Crippen molar-refractivity contribution in [2.24, 2.45) is 0 Å². The number of benzene rings is 2. The maximum absolute atomic E-state index is 10.0. The summed E-state index contributed by atoms with van der Waals surface area (Å²) in [7, 11) is 15.9. The number of phenolic OH excluding ortho intramolecular Hbond substituents is 1. The van der Waals surface area contributed by atoms with Gasteiger partial charge in [-0.15, -0.1) is 0 Å². The Morgan fingerprint density at radius 2 is 1.78 bits per heavy atom. The van der Waals surface area contributed by atoms with Gasteiger partial charge in [0, 0.05) is 11.8 Å². The molecule has 124 valence electrons. The minimum atomic E-state index is -0.556. The zero-order valence-corrected chi connectivity index (χ0v) is 17.4. The van der Waals surface area contributed by atoms with E-state index >= 15 is 0 Å². The van der Waals surface area contributed by atoms with Gasteiger partial charge in [-0.3, -0.25) is 0 Å². The van der Waals surface area contributed by atoms with Crippen molar-refractivity contribution in [2.75, 3.05) is 21.2 Å². The Labute approximate surface area is 156 Å². The van der Waals surface area contributed by atoms with E-state index in [1.54, 1.807) is 19.2 Å². The van der Waals surface area contributed by atoms with Crippen molar-refractivity contribution in [1.82, 2.24) is 4.90 Å². The summed E-state index contributed by atoms with van der Waals surface area (Å²) in [6, 6.07) is 13.7. The molecule has 1 unspecified atom stereocenters. The summed E-state index contributed by atoms with van der Waals surface area (Å²) in [5, 5.41) is 12.2. The average molecular weight is 408 g/mol. The molecule has 0 spiro atoms. The van der Waals surface area contributed by atoms with Crippen LogP contribution in [0.2, 0.25) is 0 Å². The van der Waals surface area contributed by atoms with Crippen LogP contribution in [0.4, 0.5) is 0 Å². The molecule has 23 heavy (non-hydrogen) atoms. The third kappa shape index (κ3) is 7.43. The van der Waals surface area contributed by atoms with E-state index in [1.165, 1.54) is 10.9 Å². The minimum absolute atomic E-state index is 0.323. The van der Waals surface area contributed by atoms with Crippen molar-refractivity contribution in [3.63, 3.8) is 0 Å². The van der Waals surface area contributed by atoms with Gasteiger partial charge in [0.1, 0.15) is 11.5 Å². The third-order valence-corrected chi connectivity index (χ3v) is 4.40. The second-order valence-corrected chi connectivity index (χ2v) is 8.88. The molecule has 0 heterocycles. The summed E-state index contributed by atoms with van der Waals surface area (Å²) in [4.78, 5) is 2.15. The van der Waals surface area contributed by atoms with Crippen LogP contribution in [0.3, 0.4) is 0 Å². The number of phenols is 1. The van der Waals surface area contributed by atoms with Crippen LogP contribution in [0.15, 0.2) is 42.5 Å². The number of nitrogens with zero attached hydrogens (tertiary/aromatic N) is 1. The standard InChI is InChI=1S/C16H20NO2P.2ClH.Ti/c1-17(2)11-12-6-4-5-7-15(12)20-16-10-13(19-3)8-9-14(16)18;;;/h4-10,18,20H,11H2,1-3H3;2*1H;/q;;;+2/p-2. The van der Waals surface area contributed by atoms with Crippen molar-refractivity contribution < 1.29 is 26.9 Å². The third-order valence-electron chi connectivity index (χ3n) is 2.98. The number of hydrogen-bond donors (Lipinski definition) is 1. The molecule has 0 amide bonds. The predicted molar refractivity (Wildman–Crippen MR) is 97.8 cm³/mol. The van der Waals surface area contributed by atoms with Crippen molar-refractivity contribution in [2.45, 2.75) is 6.54 Å². The molecule has 0 aliphatic heterocycles. The van der Waals surface area contributed by atoms with Crippen LogP contribution >= 0.6 is 27.2 Å². The normalized spacial score (nSPS) is 10.5. The Morgan fingerprint density at radius 3 is 2.39 bits per heavy atom. The number of halogens is 2. The van der Waals surface area contributed by atoms with Crippen molar-refractivity contribution >= 4 is 37.8 Å². The molecule has 7 heteroatoms. The summed E-state index contributed by atoms with van der Waals surface area (Å²) < 4.78 is 5.23. The molecule has 0 aliphatic rings. The fourth-order valence-electron chi connectivity index (χ4n) is 2.01. The molecule has 0 aliphatic carbocycles. The Bertz CT molecular complexity index is 614. The molecule has 2 rings (SSSR count). The zero-order chi connectivity index (χ0) is 17.2. The van der Waals surface area contributed by atoms with Gasteiger partial charge >= 0.3 is 35.6 Å². The van der Waals surface area contributed by atoms with E-state index < -0.39 is 17.0 Å². The molecule has 0 fully saturated rings. The van der Waals surface area contributed by atoms with Crippen LogP contribution < -0.4 is 15.3 Å². The summed E-state index contributed by atoms with van der Waals surface area (Å²) in [6.07, 6.45) is 0. The van der Waals surface area contributed by atoms with E-state index in [-0.39, 0.29) is 0 Å². The van der Waals surface area contributed by atoms with Crippen LogP contribution in [0.25, 0.3) is 0 Å². The SMILES string of the molecule is COc1ccc(O)c(Pc2ccccc2CN(C)C)c1.[Cl][Ti][Cl]. The molecular weight excluding hydrogens is 388 g/mol. The first-order chi connectivity index (χ1) is 11.0. The number of aromatic hydroxyl groups is 1. The summed E-state index contributed by atoms with van der Waals surface area (Å²) in [5.41, 5.74) is 1.29. The molecule has 0 aromatic heterocycles. The average Bonchev–Trinajstić information content (AvgIpc) is 2.51. The maximum atomic E-state index is 10.0. The van der Waals surface area contributed by atoms with Gasteiger partial charge in [-0.2, -0.15) is 0 Å². The molecule has 0 radical (unpaired) electrons. The molecule has 1 N–H and O–H groups in total. The quantitative estimate of drug-likeness (QED) is 0.608. The second kappa shape index (κ2) is 11.3. The van der Waals surface area contributed by atoms with Crippen LogP contribution in [0.1, 0.15) is 5.56 Å². The first-order valence-corrected chi connectivity index (χ1v) is 12.1. The number of rotatable bonds is 5. The first-order valence-electron chi connectivity index (χ1n) is 6.84. The van der Waals surface area contributed by atoms with Crippen LogP contribution in [0.5, 0.6) is 11.5 Å². The number of ether oxygens (including phenoxy) is 1. The predicted octanol–water partition coefficient (Wildman–Crippen LogP) is 3.47. The van der Waals surface area contributed by atoms with Crippen molar-refractivity contribution in [1.29, 1.82) is 0 Å². The fraction of sp³-hybridized carbons (Fsp3) is 0.250. The molecule has 1 atom stereocenters. The van der Waals surface area contributed by atoms with Crippen LogP contribution in [-0.4, -0.2) is 31.2 Å². The van der Waals surface area contributed by atoms with Gasteiger partial charge in [0.05, 0.1) is 7.11 Å². The molecular formula is C16H20Cl2NO2PTi. The summed E-state index contributed by atoms with van der Waals surface area (Å²) >= 11 is -0.556. The molecule has 0 saturated heterocycles. The molecule has 3 nitrogen and oxygen atoms in total. The van der Waals surface area contributed by atoms with Gasteiger partial charge in [-0.25, -0.2) is 0 Å². The first kappa shape index (κ1) is 20.8. The molecule has 0 bridgehead atoms. The second-order valence-electron chi connectivity index (χ2n) is 4.97. The van der Waals surface area contributed by atoms with Gasteiger partial charge in [0.2, 0.25) is 0 Å². The van der Waals surface area contributed by atoms with Crippen molar-refractivity contribution in [3.05, 3.63) is 48.0 Å². The topological polar surface area (TPSA) is 32.7 Å². The van der Waals surface area contributed by atoms with Gasteiger partial charge in [0.25, 0.3) is 0 Å². The Balaban J connectivity index is 0.000000816. The van der Waals surface area contributed by atoms with E-state index in [2.05, 4.69) is 37.2 Å². The summed E-state index contributed by atoms with van der Waals surface area (Å²) in [5.74, 6) is 1.10. The molecule has 2 aromatic carbocycles. The van der Waals surface area contributed by atoms with Gasteiger partial charge < -0.3 is 14.7 Å². The Morgan fingerprint density at radius 1 is 1.13 bits per heavy atom. The summed E-state index contributed by atoms with van der Waals surface area (Å²) in [6.45, 7) is 0.897. The van der Waals surface area contributed by atoms with E-state index in [4.69, 9.17) is 23.3 Å². The zero-order valence-electron chi connectivity index (χ0n) is 13.3.